The molecular formula is C21H38N6O6. The molecule has 12 heteroatoms. The number of aliphatic carboxylic acids is 1. The molecule has 0 aromatic carbocycles. The number of hydrogen-bond acceptors (Lipinski definition) is 7. The summed E-state index contributed by atoms with van der Waals surface area (Å²) in [5.74, 6) is -3.64. The average Bonchev–Trinajstić information content (AvgIpc) is 3.21. The Hall–Kier alpha value is -2.73. The number of nitrogens with two attached hydrogens (primary N) is 3. The van der Waals surface area contributed by atoms with Crippen LogP contribution >= 0.6 is 0 Å². The zero-order valence-electron chi connectivity index (χ0n) is 19.4. The first-order chi connectivity index (χ1) is 15.5. The van der Waals surface area contributed by atoms with Crippen LogP contribution in [0.15, 0.2) is 0 Å². The Balaban J connectivity index is 2.91. The zero-order chi connectivity index (χ0) is 25.1. The molecule has 0 radical (unpaired) electrons. The molecule has 0 aliphatic carbocycles. The predicted molar refractivity (Wildman–Crippen MR) is 120 cm³/mol. The fourth-order valence-corrected chi connectivity index (χ4v) is 3.82. The van der Waals surface area contributed by atoms with Crippen molar-refractivity contribution in [3.05, 3.63) is 0 Å². The molecule has 1 aliphatic heterocycles. The van der Waals surface area contributed by atoms with Crippen molar-refractivity contribution in [2.45, 2.75) is 83.0 Å². The Morgan fingerprint density at radius 2 is 1.76 bits per heavy atom. The van der Waals surface area contributed by atoms with Gasteiger partial charge in [0.1, 0.15) is 18.1 Å². The van der Waals surface area contributed by atoms with E-state index in [1.807, 2.05) is 13.8 Å². The van der Waals surface area contributed by atoms with Crippen LogP contribution in [0.3, 0.4) is 0 Å². The minimum absolute atomic E-state index is 0.148. The van der Waals surface area contributed by atoms with Crippen molar-refractivity contribution in [2.24, 2.45) is 23.1 Å². The molecule has 4 unspecified atom stereocenters. The van der Waals surface area contributed by atoms with Crippen LogP contribution in [0.1, 0.15) is 58.8 Å². The van der Waals surface area contributed by atoms with Gasteiger partial charge in [0.25, 0.3) is 0 Å². The number of carboxylic acids is 1. The van der Waals surface area contributed by atoms with Gasteiger partial charge in [0, 0.05) is 6.54 Å². The van der Waals surface area contributed by atoms with E-state index in [0.29, 0.717) is 38.6 Å². The largest absolute Gasteiger partial charge is 0.480 e. The van der Waals surface area contributed by atoms with Gasteiger partial charge in [0.2, 0.25) is 23.6 Å². The van der Waals surface area contributed by atoms with Crippen LogP contribution in [-0.2, 0) is 24.0 Å². The number of carbonyl (C=O) groups is 5. The van der Waals surface area contributed by atoms with E-state index in [1.165, 1.54) is 4.90 Å². The third-order valence-electron chi connectivity index (χ3n) is 5.48. The maximum atomic E-state index is 13.2. The molecule has 1 fully saturated rings. The molecule has 33 heavy (non-hydrogen) atoms. The van der Waals surface area contributed by atoms with Crippen LogP contribution in [0.4, 0.5) is 0 Å². The number of nitrogens with zero attached hydrogens (tertiary/aromatic N) is 1. The molecule has 1 aliphatic rings. The van der Waals surface area contributed by atoms with E-state index in [1.54, 1.807) is 0 Å². The molecular weight excluding hydrogens is 432 g/mol. The van der Waals surface area contributed by atoms with Gasteiger partial charge in [-0.15, -0.1) is 0 Å². The van der Waals surface area contributed by atoms with Crippen LogP contribution in [0.2, 0.25) is 0 Å². The Labute approximate surface area is 194 Å². The highest BCUT2D eigenvalue weighted by molar-refractivity contribution is 5.96. The van der Waals surface area contributed by atoms with Crippen LogP contribution in [0.25, 0.3) is 0 Å². The van der Waals surface area contributed by atoms with E-state index in [0.717, 1.165) is 0 Å². The minimum atomic E-state index is -1.26. The van der Waals surface area contributed by atoms with Crippen LogP contribution in [-0.4, -0.2) is 76.9 Å². The summed E-state index contributed by atoms with van der Waals surface area (Å²) >= 11 is 0. The van der Waals surface area contributed by atoms with Gasteiger partial charge in [-0.05, 0) is 51.0 Å². The molecule has 0 saturated carbocycles. The number of nitrogens with one attached hydrogen (secondary N) is 2. The van der Waals surface area contributed by atoms with Crippen molar-refractivity contribution in [1.29, 1.82) is 0 Å². The van der Waals surface area contributed by atoms with E-state index in [9.17, 15) is 29.1 Å². The first-order valence-electron chi connectivity index (χ1n) is 11.4. The van der Waals surface area contributed by atoms with E-state index < -0.39 is 60.2 Å². The van der Waals surface area contributed by atoms with Gasteiger partial charge in [-0.3, -0.25) is 19.2 Å². The van der Waals surface area contributed by atoms with E-state index >= 15 is 0 Å². The molecule has 1 rings (SSSR count). The fourth-order valence-electron chi connectivity index (χ4n) is 3.82. The number of primary amides is 1. The summed E-state index contributed by atoms with van der Waals surface area (Å²) in [6.07, 6.45) is 2.16. The molecule has 1 heterocycles. The number of rotatable bonds is 14. The quantitative estimate of drug-likeness (QED) is 0.162. The number of hydrogen-bond donors (Lipinski definition) is 6. The Morgan fingerprint density at radius 1 is 1.09 bits per heavy atom. The van der Waals surface area contributed by atoms with Gasteiger partial charge >= 0.3 is 5.97 Å². The van der Waals surface area contributed by atoms with Crippen LogP contribution in [0, 0.1) is 5.92 Å². The molecule has 0 bridgehead atoms. The Bertz CT molecular complexity index is 715. The third kappa shape index (κ3) is 9.34. The second kappa shape index (κ2) is 13.7. The standard InChI is InChI=1S/C21H38N6O6/c1-12(2)10-13(23)18(29)26-15(11-17(24)28)20(31)27-9-5-7-16(27)19(30)25-14(21(32)33)6-3-4-8-22/h12-16H,3-11,22-23H2,1-2H3,(H2,24,28)(H,25,30)(H,26,29)(H,32,33). The molecule has 12 nitrogen and oxygen atoms in total. The van der Waals surface area contributed by atoms with Crippen LogP contribution in [0.5, 0.6) is 0 Å². The zero-order valence-corrected chi connectivity index (χ0v) is 19.4. The normalized spacial score (nSPS) is 18.5. The highest BCUT2D eigenvalue weighted by Gasteiger charge is 2.39. The number of likely N-dealkylation sites (tertiary alicyclic amines) is 1. The average molecular weight is 471 g/mol. The number of unbranched alkanes of at least 4 members (excludes halogenated alkanes) is 1. The molecule has 1 saturated heterocycles. The van der Waals surface area contributed by atoms with Crippen molar-refractivity contribution in [1.82, 2.24) is 15.5 Å². The topological polar surface area (TPSA) is 211 Å². The van der Waals surface area contributed by atoms with Crippen molar-refractivity contribution < 1.29 is 29.1 Å². The molecule has 0 aromatic rings. The molecule has 0 aromatic heterocycles. The lowest BCUT2D eigenvalue weighted by molar-refractivity contribution is -0.145. The molecule has 0 spiro atoms. The highest BCUT2D eigenvalue weighted by atomic mass is 16.4. The number of carbonyl (C=O) groups excluding carboxylic acids is 4. The summed E-state index contributed by atoms with van der Waals surface area (Å²) in [5, 5.41) is 14.4. The first kappa shape index (κ1) is 28.3. The SMILES string of the molecule is CC(C)CC(N)C(=O)NC(CC(N)=O)C(=O)N1CCCC1C(=O)NC(CCCCN)C(=O)O. The first-order valence-corrected chi connectivity index (χ1v) is 11.4. The van der Waals surface area contributed by atoms with Gasteiger partial charge in [-0.2, -0.15) is 0 Å². The summed E-state index contributed by atoms with van der Waals surface area (Å²) in [6.45, 7) is 4.43. The number of carboxylic acid groups (broad SMARTS) is 1. The fraction of sp³-hybridized carbons (Fsp3) is 0.762. The van der Waals surface area contributed by atoms with E-state index in [4.69, 9.17) is 17.2 Å². The summed E-state index contributed by atoms with van der Waals surface area (Å²) in [5.41, 5.74) is 16.6. The minimum Gasteiger partial charge on any atom is -0.480 e. The van der Waals surface area contributed by atoms with Crippen molar-refractivity contribution in [3.8, 4) is 0 Å². The smallest absolute Gasteiger partial charge is 0.326 e. The molecule has 9 N–H and O–H groups in total. The Morgan fingerprint density at radius 3 is 2.30 bits per heavy atom. The van der Waals surface area contributed by atoms with E-state index in [2.05, 4.69) is 10.6 Å². The maximum Gasteiger partial charge on any atom is 0.326 e. The number of amides is 4. The predicted octanol–water partition coefficient (Wildman–Crippen LogP) is -1.59. The summed E-state index contributed by atoms with van der Waals surface area (Å²) in [6, 6.07) is -4.14. The summed E-state index contributed by atoms with van der Waals surface area (Å²) < 4.78 is 0. The molecule has 4 atom stereocenters. The van der Waals surface area contributed by atoms with Gasteiger partial charge in [-0.25, -0.2) is 4.79 Å². The molecule has 188 valence electrons. The van der Waals surface area contributed by atoms with Gasteiger partial charge in [0.15, 0.2) is 0 Å². The van der Waals surface area contributed by atoms with Gasteiger partial charge < -0.3 is 37.8 Å². The second-order valence-corrected chi connectivity index (χ2v) is 8.84. The summed E-state index contributed by atoms with van der Waals surface area (Å²) in [4.78, 5) is 62.7. The Kier molecular flexibility index (Phi) is 11.8. The highest BCUT2D eigenvalue weighted by Crippen LogP contribution is 2.20. The van der Waals surface area contributed by atoms with Gasteiger partial charge in [-0.1, -0.05) is 13.8 Å². The van der Waals surface area contributed by atoms with Crippen molar-refractivity contribution in [3.63, 3.8) is 0 Å². The summed E-state index contributed by atoms with van der Waals surface area (Å²) in [7, 11) is 0. The van der Waals surface area contributed by atoms with E-state index in [-0.39, 0.29) is 18.9 Å². The monoisotopic (exact) mass is 470 g/mol. The third-order valence-corrected chi connectivity index (χ3v) is 5.48. The van der Waals surface area contributed by atoms with Gasteiger partial charge in [0.05, 0.1) is 12.5 Å². The second-order valence-electron chi connectivity index (χ2n) is 8.84. The van der Waals surface area contributed by atoms with Crippen LogP contribution < -0.4 is 27.8 Å². The van der Waals surface area contributed by atoms with Crippen molar-refractivity contribution >= 4 is 29.6 Å². The lowest BCUT2D eigenvalue weighted by atomic mass is 10.0. The lowest BCUT2D eigenvalue weighted by Crippen LogP contribution is -2.57. The van der Waals surface area contributed by atoms with Crippen molar-refractivity contribution in [2.75, 3.05) is 13.1 Å². The maximum absolute atomic E-state index is 13.2. The molecule has 4 amide bonds. The lowest BCUT2D eigenvalue weighted by Gasteiger charge is -2.29.